The molecule has 0 spiro atoms. The predicted octanol–water partition coefficient (Wildman–Crippen LogP) is 1.39. The lowest BCUT2D eigenvalue weighted by Gasteiger charge is -2.19. The number of aliphatic imine (C=N–C) groups is 1. The molecule has 1 saturated heterocycles. The Morgan fingerprint density at radius 2 is 2.21 bits per heavy atom. The number of carbonyl (C=O) groups excluding carboxylic acids is 1. The van der Waals surface area contributed by atoms with Gasteiger partial charge in [0.2, 0.25) is 5.91 Å². The van der Waals surface area contributed by atoms with Gasteiger partial charge < -0.3 is 20.9 Å². The second-order valence-corrected chi connectivity index (χ2v) is 6.37. The minimum Gasteiger partial charge on any atom is -0.357 e. The van der Waals surface area contributed by atoms with Crippen LogP contribution in [0.2, 0.25) is 0 Å². The molecule has 1 fully saturated rings. The second kappa shape index (κ2) is 9.63. The fourth-order valence-electron chi connectivity index (χ4n) is 2.98. The van der Waals surface area contributed by atoms with E-state index in [4.69, 9.17) is 0 Å². The lowest BCUT2D eigenvalue weighted by molar-refractivity contribution is -0.114. The summed E-state index contributed by atoms with van der Waals surface area (Å²) in [5, 5.41) is 9.19. The van der Waals surface area contributed by atoms with Gasteiger partial charge >= 0.3 is 0 Å². The van der Waals surface area contributed by atoms with Crippen LogP contribution in [0.1, 0.15) is 13.3 Å². The van der Waals surface area contributed by atoms with E-state index in [1.807, 2.05) is 11.8 Å². The van der Waals surface area contributed by atoms with E-state index < -0.39 is 0 Å². The maximum atomic E-state index is 13.9. The third-order valence-electron chi connectivity index (χ3n) is 4.24. The molecule has 1 atom stereocenters. The molecule has 8 nitrogen and oxygen atoms in total. The van der Waals surface area contributed by atoms with Crippen molar-refractivity contribution in [3.8, 4) is 0 Å². The van der Waals surface area contributed by atoms with E-state index in [1.165, 1.54) is 6.07 Å². The molecule has 2 aromatic rings. The zero-order chi connectivity index (χ0) is 19.8. The first-order chi connectivity index (χ1) is 13.7. The van der Waals surface area contributed by atoms with E-state index in [0.717, 1.165) is 6.42 Å². The van der Waals surface area contributed by atoms with Crippen LogP contribution in [0.5, 0.6) is 0 Å². The fourth-order valence-corrected chi connectivity index (χ4v) is 2.98. The predicted molar refractivity (Wildman–Crippen MR) is 107 cm³/mol. The topological polar surface area (TPSA) is 94.5 Å². The van der Waals surface area contributed by atoms with E-state index in [0.29, 0.717) is 37.1 Å². The van der Waals surface area contributed by atoms with Crippen molar-refractivity contribution in [3.63, 3.8) is 0 Å². The van der Waals surface area contributed by atoms with Crippen molar-refractivity contribution in [2.24, 2.45) is 4.99 Å². The number of guanidine groups is 1. The minimum atomic E-state index is -0.323. The van der Waals surface area contributed by atoms with Crippen LogP contribution in [0.15, 0.2) is 47.8 Å². The molecule has 1 aliphatic heterocycles. The number of pyridine rings is 2. The molecule has 1 unspecified atom stereocenters. The van der Waals surface area contributed by atoms with E-state index in [1.54, 1.807) is 36.8 Å². The Morgan fingerprint density at radius 3 is 2.96 bits per heavy atom. The van der Waals surface area contributed by atoms with Gasteiger partial charge in [0.05, 0.1) is 11.9 Å². The highest BCUT2D eigenvalue weighted by Gasteiger charge is 2.25. The van der Waals surface area contributed by atoms with Gasteiger partial charge in [-0.05, 0) is 37.6 Å². The summed E-state index contributed by atoms with van der Waals surface area (Å²) < 4.78 is 13.9. The number of nitrogens with one attached hydrogen (secondary N) is 3. The number of nitrogens with zero attached hydrogens (tertiary/aromatic N) is 4. The summed E-state index contributed by atoms with van der Waals surface area (Å²) in [6.45, 7) is 3.92. The summed E-state index contributed by atoms with van der Waals surface area (Å²) in [7, 11) is 0. The molecule has 3 rings (SSSR count). The molecule has 0 bridgehead atoms. The van der Waals surface area contributed by atoms with Crippen LogP contribution in [-0.2, 0) is 4.79 Å². The van der Waals surface area contributed by atoms with Crippen LogP contribution < -0.4 is 20.9 Å². The summed E-state index contributed by atoms with van der Waals surface area (Å²) in [5.74, 6) is 0.367. The van der Waals surface area contributed by atoms with Gasteiger partial charge in [-0.1, -0.05) is 0 Å². The maximum absolute atomic E-state index is 13.9. The molecular weight excluding hydrogens is 361 g/mol. The van der Waals surface area contributed by atoms with Crippen molar-refractivity contribution in [1.82, 2.24) is 20.6 Å². The average Bonchev–Trinajstić information content (AvgIpc) is 3.16. The third-order valence-corrected chi connectivity index (χ3v) is 4.24. The molecule has 2 aromatic heterocycles. The van der Waals surface area contributed by atoms with Crippen LogP contribution in [-0.4, -0.2) is 54.1 Å². The highest BCUT2D eigenvalue weighted by molar-refractivity contribution is 5.93. The molecule has 28 heavy (non-hydrogen) atoms. The number of anilines is 2. The third kappa shape index (κ3) is 5.38. The van der Waals surface area contributed by atoms with Gasteiger partial charge in [0.25, 0.3) is 0 Å². The van der Waals surface area contributed by atoms with Gasteiger partial charge in [0.1, 0.15) is 6.54 Å². The van der Waals surface area contributed by atoms with E-state index in [2.05, 4.69) is 30.9 Å². The molecular formula is C19H24FN7O. The number of carbonyl (C=O) groups is 1. The van der Waals surface area contributed by atoms with Gasteiger partial charge in [-0.25, -0.2) is 14.4 Å². The van der Waals surface area contributed by atoms with Gasteiger partial charge in [-0.2, -0.15) is 0 Å². The Hall–Kier alpha value is -3.23. The van der Waals surface area contributed by atoms with Gasteiger partial charge in [0.15, 0.2) is 17.6 Å². The van der Waals surface area contributed by atoms with Crippen LogP contribution in [0.4, 0.5) is 15.9 Å². The van der Waals surface area contributed by atoms with Crippen molar-refractivity contribution < 1.29 is 9.18 Å². The van der Waals surface area contributed by atoms with Gasteiger partial charge in [-0.3, -0.25) is 9.78 Å². The molecule has 3 heterocycles. The maximum Gasteiger partial charge on any atom is 0.246 e. The van der Waals surface area contributed by atoms with Crippen molar-refractivity contribution in [3.05, 3.63) is 48.7 Å². The average molecular weight is 385 g/mol. The molecule has 0 saturated carbocycles. The van der Waals surface area contributed by atoms with Crippen LogP contribution in [0.3, 0.4) is 0 Å². The van der Waals surface area contributed by atoms with Gasteiger partial charge in [-0.15, -0.1) is 0 Å². The standard InChI is InChI=1S/C19H24FN7O/c1-2-22-19(24-12-17(28)25-14-5-3-8-21-11-14)26-15-7-10-27(13-15)18-16(20)6-4-9-23-18/h3-6,8-9,11,15H,2,7,10,12-13H2,1H3,(H,25,28)(H2,22,24,26). The van der Waals surface area contributed by atoms with E-state index >= 15 is 0 Å². The molecule has 0 radical (unpaired) electrons. The van der Waals surface area contributed by atoms with Crippen LogP contribution >= 0.6 is 0 Å². The summed E-state index contributed by atoms with van der Waals surface area (Å²) in [6.07, 6.45) is 5.63. The van der Waals surface area contributed by atoms with Crippen molar-refractivity contribution in [1.29, 1.82) is 0 Å². The molecule has 9 heteroatoms. The highest BCUT2D eigenvalue weighted by Crippen LogP contribution is 2.20. The summed E-state index contributed by atoms with van der Waals surface area (Å²) in [4.78, 5) is 26.4. The lowest BCUT2D eigenvalue weighted by Crippen LogP contribution is -2.45. The molecule has 0 aliphatic carbocycles. The molecule has 3 N–H and O–H groups in total. The fraction of sp³-hybridized carbons (Fsp3) is 0.368. The smallest absolute Gasteiger partial charge is 0.246 e. The number of halogens is 1. The Bertz CT molecular complexity index is 815. The van der Waals surface area contributed by atoms with Crippen molar-refractivity contribution in [2.45, 2.75) is 19.4 Å². The second-order valence-electron chi connectivity index (χ2n) is 6.37. The number of aromatic nitrogens is 2. The zero-order valence-electron chi connectivity index (χ0n) is 15.7. The number of hydrogen-bond donors (Lipinski definition) is 3. The molecule has 1 aliphatic rings. The number of rotatable bonds is 6. The van der Waals surface area contributed by atoms with Crippen molar-refractivity contribution >= 4 is 23.4 Å². The van der Waals surface area contributed by atoms with E-state index in [-0.39, 0.29) is 24.3 Å². The molecule has 1 amide bonds. The summed E-state index contributed by atoms with van der Waals surface area (Å²) in [5.41, 5.74) is 0.629. The molecule has 148 valence electrons. The monoisotopic (exact) mass is 385 g/mol. The normalized spacial score (nSPS) is 16.7. The van der Waals surface area contributed by atoms with Crippen LogP contribution in [0, 0.1) is 5.82 Å². The van der Waals surface area contributed by atoms with E-state index in [9.17, 15) is 9.18 Å². The largest absolute Gasteiger partial charge is 0.357 e. The van der Waals surface area contributed by atoms with Gasteiger partial charge in [0, 0.05) is 38.1 Å². The Balaban J connectivity index is 1.55. The van der Waals surface area contributed by atoms with Crippen LogP contribution in [0.25, 0.3) is 0 Å². The lowest BCUT2D eigenvalue weighted by atomic mass is 10.3. The Kier molecular flexibility index (Phi) is 6.72. The first-order valence-corrected chi connectivity index (χ1v) is 9.26. The first-order valence-electron chi connectivity index (χ1n) is 9.26. The SMILES string of the molecule is CCNC(=NCC(=O)Nc1cccnc1)NC1CCN(c2ncccc2F)C1. The Morgan fingerprint density at radius 1 is 1.36 bits per heavy atom. The zero-order valence-corrected chi connectivity index (χ0v) is 15.7. The number of amides is 1. The minimum absolute atomic E-state index is 0.0183. The number of hydrogen-bond acceptors (Lipinski definition) is 5. The molecule has 0 aromatic carbocycles. The summed E-state index contributed by atoms with van der Waals surface area (Å²) in [6, 6.07) is 6.59. The quantitative estimate of drug-likeness (QED) is 0.514. The Labute approximate surface area is 163 Å². The van der Waals surface area contributed by atoms with Crippen molar-refractivity contribution in [2.75, 3.05) is 36.4 Å². The summed E-state index contributed by atoms with van der Waals surface area (Å²) >= 11 is 0. The first kappa shape index (κ1) is 19.5. The highest BCUT2D eigenvalue weighted by atomic mass is 19.1.